The fourth-order valence-electron chi connectivity index (χ4n) is 3.57. The van der Waals surface area contributed by atoms with Crippen LogP contribution in [0.2, 0.25) is 0 Å². The second-order valence-corrected chi connectivity index (χ2v) is 9.41. The number of hydrogen-bond acceptors (Lipinski definition) is 7. The van der Waals surface area contributed by atoms with Crippen molar-refractivity contribution >= 4 is 16.2 Å². The van der Waals surface area contributed by atoms with E-state index in [1.807, 2.05) is 18.2 Å². The molecule has 3 heterocycles. The van der Waals surface area contributed by atoms with Crippen LogP contribution in [0, 0.1) is 5.92 Å². The number of rotatable bonds is 7. The second-order valence-electron chi connectivity index (χ2n) is 7.66. The number of nitrogens with zero attached hydrogens (tertiary/aromatic N) is 4. The molecule has 0 aromatic carbocycles. The van der Waals surface area contributed by atoms with Crippen molar-refractivity contribution in [3.8, 4) is 0 Å². The first kappa shape index (κ1) is 18.4. The molecule has 1 aliphatic carbocycles. The molecule has 27 heavy (non-hydrogen) atoms. The van der Waals surface area contributed by atoms with Gasteiger partial charge in [0.1, 0.15) is 18.2 Å². The molecule has 0 spiro atoms. The first-order chi connectivity index (χ1) is 12.9. The fourth-order valence-corrected chi connectivity index (χ4v) is 4.21. The average Bonchev–Trinajstić information content (AvgIpc) is 3.33. The summed E-state index contributed by atoms with van der Waals surface area (Å²) in [7, 11) is -3.38. The third-order valence-corrected chi connectivity index (χ3v) is 5.58. The lowest BCUT2D eigenvalue weighted by Gasteiger charge is -2.40. The van der Waals surface area contributed by atoms with E-state index in [1.54, 1.807) is 6.21 Å². The van der Waals surface area contributed by atoms with E-state index in [1.165, 1.54) is 19.1 Å². The molecular formula is C18H27N5O3S. The minimum Gasteiger partial charge on any atom is -0.352 e. The Morgan fingerprint density at radius 1 is 1.37 bits per heavy atom. The molecule has 3 aliphatic heterocycles. The van der Waals surface area contributed by atoms with Crippen molar-refractivity contribution in [2.45, 2.75) is 33.1 Å². The minimum absolute atomic E-state index is 0.582. The molecule has 1 saturated carbocycles. The van der Waals surface area contributed by atoms with Gasteiger partial charge in [-0.05, 0) is 37.7 Å². The van der Waals surface area contributed by atoms with E-state index in [4.69, 9.17) is 4.84 Å². The molecule has 1 N–H and O–H groups in total. The van der Waals surface area contributed by atoms with Gasteiger partial charge < -0.3 is 9.80 Å². The van der Waals surface area contributed by atoms with Crippen molar-refractivity contribution in [2.75, 3.05) is 32.6 Å². The molecule has 8 nitrogen and oxygen atoms in total. The van der Waals surface area contributed by atoms with Crippen LogP contribution < -0.4 is 4.72 Å². The van der Waals surface area contributed by atoms with Crippen molar-refractivity contribution in [1.29, 1.82) is 0 Å². The molecule has 0 amide bonds. The molecule has 0 saturated heterocycles. The molecule has 148 valence electrons. The Morgan fingerprint density at radius 3 is 2.81 bits per heavy atom. The van der Waals surface area contributed by atoms with Gasteiger partial charge in [-0.1, -0.05) is 6.92 Å². The minimum atomic E-state index is -3.38. The predicted molar refractivity (Wildman–Crippen MR) is 103 cm³/mol. The van der Waals surface area contributed by atoms with Crippen molar-refractivity contribution in [1.82, 2.24) is 19.6 Å². The van der Waals surface area contributed by atoms with E-state index in [-0.39, 0.29) is 0 Å². The molecule has 4 aliphatic rings. The lowest BCUT2D eigenvalue weighted by Crippen LogP contribution is -2.44. The Bertz CT molecular complexity index is 854. The maximum atomic E-state index is 11.9. The zero-order valence-electron chi connectivity index (χ0n) is 16.1. The van der Waals surface area contributed by atoms with Crippen LogP contribution in [0.5, 0.6) is 0 Å². The second kappa shape index (κ2) is 6.87. The summed E-state index contributed by atoms with van der Waals surface area (Å²) in [5.74, 6) is 1.63. The monoisotopic (exact) mass is 393 g/mol. The van der Waals surface area contributed by atoms with Crippen LogP contribution in [-0.2, 0) is 14.9 Å². The predicted octanol–water partition coefficient (Wildman–Crippen LogP) is 1.55. The van der Waals surface area contributed by atoms with Crippen LogP contribution in [0.1, 0.15) is 33.1 Å². The normalized spacial score (nSPS) is 22.3. The van der Waals surface area contributed by atoms with E-state index in [2.05, 4.69) is 26.4 Å². The lowest BCUT2D eigenvalue weighted by molar-refractivity contribution is -0.132. The standard InChI is InChI=1S/C18H27N5O3S/c1-4-7-21-9-13(2)16(20-27(3,24)25)17-18(21)23-12-22(10-15(23)8-19-17)26-11-14-5-6-14/h8,10,14,20H,4-7,9,11-12H2,1-3H3. The number of sulfonamides is 1. The SMILES string of the molecule is CCCN1CC(C)=C(NS(C)(=O)=O)C2=C1N1CN(OCC3CC3)C=C1C=N2. The summed E-state index contributed by atoms with van der Waals surface area (Å²) in [6, 6.07) is 0. The summed E-state index contributed by atoms with van der Waals surface area (Å²) >= 11 is 0. The summed E-state index contributed by atoms with van der Waals surface area (Å²) in [5, 5.41) is 1.86. The van der Waals surface area contributed by atoms with E-state index < -0.39 is 10.0 Å². The summed E-state index contributed by atoms with van der Waals surface area (Å²) < 4.78 is 26.4. The maximum Gasteiger partial charge on any atom is 0.229 e. The van der Waals surface area contributed by atoms with Gasteiger partial charge in [-0.15, -0.1) is 0 Å². The topological polar surface area (TPSA) is 77.5 Å². The van der Waals surface area contributed by atoms with Crippen LogP contribution in [-0.4, -0.2) is 62.1 Å². The Balaban J connectivity index is 1.64. The highest BCUT2D eigenvalue weighted by Gasteiger charge is 2.37. The first-order valence-corrected chi connectivity index (χ1v) is 11.3. The van der Waals surface area contributed by atoms with Crippen LogP contribution in [0.15, 0.2) is 39.7 Å². The Kier molecular flexibility index (Phi) is 4.67. The quantitative estimate of drug-likeness (QED) is 0.707. The Hall–Kier alpha value is -2.00. The summed E-state index contributed by atoms with van der Waals surface area (Å²) in [5.41, 5.74) is 3.20. The van der Waals surface area contributed by atoms with Gasteiger partial charge in [-0.3, -0.25) is 9.56 Å². The lowest BCUT2D eigenvalue weighted by atomic mass is 10.1. The summed E-state index contributed by atoms with van der Waals surface area (Å²) in [4.78, 5) is 15.0. The van der Waals surface area contributed by atoms with Crippen molar-refractivity contribution in [3.63, 3.8) is 0 Å². The fraction of sp³-hybridized carbons (Fsp3) is 0.611. The Morgan fingerprint density at radius 2 is 2.15 bits per heavy atom. The largest absolute Gasteiger partial charge is 0.352 e. The molecule has 0 radical (unpaired) electrons. The molecule has 1 fully saturated rings. The van der Waals surface area contributed by atoms with Crippen molar-refractivity contribution in [2.24, 2.45) is 10.9 Å². The maximum absolute atomic E-state index is 11.9. The molecule has 0 aromatic rings. The summed E-state index contributed by atoms with van der Waals surface area (Å²) in [6.45, 7) is 6.98. The highest BCUT2D eigenvalue weighted by Crippen LogP contribution is 2.37. The zero-order chi connectivity index (χ0) is 19.2. The number of aliphatic imine (C=N–C) groups is 1. The number of fused-ring (bicyclic) bond motifs is 2. The van der Waals surface area contributed by atoms with Crippen LogP contribution >= 0.6 is 0 Å². The van der Waals surface area contributed by atoms with Crippen LogP contribution in [0.3, 0.4) is 0 Å². The van der Waals surface area contributed by atoms with E-state index in [0.717, 1.165) is 36.7 Å². The van der Waals surface area contributed by atoms with Crippen LogP contribution in [0.4, 0.5) is 0 Å². The zero-order valence-corrected chi connectivity index (χ0v) is 16.9. The Labute approximate surface area is 160 Å². The smallest absolute Gasteiger partial charge is 0.229 e. The summed E-state index contributed by atoms with van der Waals surface area (Å²) in [6.07, 6.45) is 8.42. The van der Waals surface area contributed by atoms with Gasteiger partial charge in [0.2, 0.25) is 10.0 Å². The van der Waals surface area contributed by atoms with Gasteiger partial charge in [-0.2, -0.15) is 0 Å². The third kappa shape index (κ3) is 3.84. The molecule has 9 heteroatoms. The number of hydroxylamine groups is 2. The highest BCUT2D eigenvalue weighted by molar-refractivity contribution is 7.88. The average molecular weight is 394 g/mol. The van der Waals surface area contributed by atoms with Gasteiger partial charge in [0.05, 0.1) is 36.7 Å². The highest BCUT2D eigenvalue weighted by atomic mass is 32.2. The third-order valence-electron chi connectivity index (χ3n) is 5.01. The van der Waals surface area contributed by atoms with Crippen LogP contribution in [0.25, 0.3) is 0 Å². The molecule has 0 aromatic heterocycles. The number of nitrogens with one attached hydrogen (secondary N) is 1. The van der Waals surface area contributed by atoms with Gasteiger partial charge >= 0.3 is 0 Å². The van der Waals surface area contributed by atoms with E-state index in [9.17, 15) is 8.42 Å². The van der Waals surface area contributed by atoms with Crippen molar-refractivity contribution in [3.05, 3.63) is 34.7 Å². The van der Waals surface area contributed by atoms with Gasteiger partial charge in [-0.25, -0.2) is 18.5 Å². The number of allylic oxidation sites excluding steroid dienone is 1. The van der Waals surface area contributed by atoms with Gasteiger partial charge in [0, 0.05) is 13.1 Å². The van der Waals surface area contributed by atoms with E-state index >= 15 is 0 Å². The van der Waals surface area contributed by atoms with Crippen molar-refractivity contribution < 1.29 is 13.3 Å². The molecule has 0 atom stereocenters. The molecular weight excluding hydrogens is 366 g/mol. The number of hydrogen-bond donors (Lipinski definition) is 1. The van der Waals surface area contributed by atoms with Gasteiger partial charge in [0.25, 0.3) is 0 Å². The van der Waals surface area contributed by atoms with Gasteiger partial charge in [0.15, 0.2) is 0 Å². The molecule has 0 bridgehead atoms. The molecule has 0 unspecified atom stereocenters. The molecule has 4 rings (SSSR count). The first-order valence-electron chi connectivity index (χ1n) is 9.46. The van der Waals surface area contributed by atoms with E-state index in [0.29, 0.717) is 30.5 Å².